The molecular formula is C30H21FN2O3. The summed E-state index contributed by atoms with van der Waals surface area (Å²) in [4.78, 5) is 42.2. The van der Waals surface area contributed by atoms with E-state index in [4.69, 9.17) is 0 Å². The number of nitrogens with zero attached hydrogens (tertiary/aromatic N) is 2. The zero-order valence-electron chi connectivity index (χ0n) is 19.2. The molecule has 5 rings (SSSR count). The first-order valence-electron chi connectivity index (χ1n) is 11.4. The van der Waals surface area contributed by atoms with Gasteiger partial charge in [-0.05, 0) is 53.1 Å². The van der Waals surface area contributed by atoms with Gasteiger partial charge in [-0.3, -0.25) is 9.59 Å². The molecule has 1 heterocycles. The molecule has 0 atom stereocenters. The number of para-hydroxylation sites is 2. The van der Waals surface area contributed by atoms with Gasteiger partial charge in [-0.2, -0.15) is 0 Å². The van der Waals surface area contributed by atoms with E-state index in [2.05, 4.69) is 0 Å². The lowest BCUT2D eigenvalue weighted by Gasteiger charge is -2.33. The van der Waals surface area contributed by atoms with Crippen molar-refractivity contribution in [3.05, 3.63) is 137 Å². The highest BCUT2D eigenvalue weighted by Crippen LogP contribution is 2.29. The Hall–Kier alpha value is -4.84. The molecule has 0 bridgehead atoms. The van der Waals surface area contributed by atoms with Crippen LogP contribution < -0.4 is 9.80 Å². The number of carbonyl (C=O) groups excluding carboxylic acids is 3. The van der Waals surface area contributed by atoms with Crippen molar-refractivity contribution in [2.75, 3.05) is 9.80 Å². The summed E-state index contributed by atoms with van der Waals surface area (Å²) in [5.74, 6) is -1.66. The van der Waals surface area contributed by atoms with Gasteiger partial charge >= 0.3 is 6.03 Å². The number of amides is 4. The quantitative estimate of drug-likeness (QED) is 0.262. The monoisotopic (exact) mass is 476 g/mol. The molecule has 4 aromatic rings. The van der Waals surface area contributed by atoms with Crippen LogP contribution in [0.4, 0.5) is 20.6 Å². The van der Waals surface area contributed by atoms with Gasteiger partial charge in [0.2, 0.25) is 0 Å². The normalized spacial score (nSPS) is 13.8. The van der Waals surface area contributed by atoms with E-state index in [0.717, 1.165) is 15.4 Å². The first kappa shape index (κ1) is 22.9. The van der Waals surface area contributed by atoms with Crippen LogP contribution in [0.15, 0.2) is 115 Å². The molecule has 0 N–H and O–H groups in total. The SMILES string of the molecule is O=C1C(=Cc2ccc(Cc3ccccc3F)cc2)C(=O)N(c2ccccc2)C(=O)N1c1ccccc1. The summed E-state index contributed by atoms with van der Waals surface area (Å²) in [5, 5.41) is 0. The first-order chi connectivity index (χ1) is 17.5. The second kappa shape index (κ2) is 9.80. The van der Waals surface area contributed by atoms with Gasteiger partial charge in [-0.25, -0.2) is 19.0 Å². The Labute approximate surface area is 207 Å². The summed E-state index contributed by atoms with van der Waals surface area (Å²) in [5.41, 5.74) is 2.68. The first-order valence-corrected chi connectivity index (χ1v) is 11.4. The third-order valence-electron chi connectivity index (χ3n) is 5.92. The molecule has 0 unspecified atom stereocenters. The number of imide groups is 2. The van der Waals surface area contributed by atoms with Gasteiger partial charge in [-0.15, -0.1) is 0 Å². The average molecular weight is 477 g/mol. The molecule has 0 aromatic heterocycles. The largest absolute Gasteiger partial charge is 0.343 e. The highest BCUT2D eigenvalue weighted by atomic mass is 19.1. The van der Waals surface area contributed by atoms with Crippen LogP contribution in [0.3, 0.4) is 0 Å². The molecule has 1 fully saturated rings. The maximum absolute atomic E-state index is 14.0. The highest BCUT2D eigenvalue weighted by molar-refractivity contribution is 6.46. The number of hydrogen-bond donors (Lipinski definition) is 0. The lowest BCUT2D eigenvalue weighted by molar-refractivity contribution is -0.121. The Morgan fingerprint density at radius 3 is 1.64 bits per heavy atom. The van der Waals surface area contributed by atoms with Crippen molar-refractivity contribution in [2.45, 2.75) is 6.42 Å². The van der Waals surface area contributed by atoms with Crippen molar-refractivity contribution in [3.8, 4) is 0 Å². The Morgan fingerprint density at radius 1 is 0.611 bits per heavy atom. The number of hydrogen-bond acceptors (Lipinski definition) is 3. The van der Waals surface area contributed by atoms with Gasteiger partial charge in [0.15, 0.2) is 0 Å². The minimum absolute atomic E-state index is 0.135. The van der Waals surface area contributed by atoms with Crippen LogP contribution in [0.2, 0.25) is 0 Å². The Kier molecular flexibility index (Phi) is 6.24. The van der Waals surface area contributed by atoms with E-state index < -0.39 is 17.8 Å². The van der Waals surface area contributed by atoms with Crippen molar-refractivity contribution >= 4 is 35.3 Å². The lowest BCUT2D eigenvalue weighted by Crippen LogP contribution is -2.57. The number of barbiturate groups is 1. The summed E-state index contributed by atoms with van der Waals surface area (Å²) in [6.07, 6.45) is 1.90. The van der Waals surface area contributed by atoms with Crippen LogP contribution in [-0.2, 0) is 16.0 Å². The molecule has 176 valence electrons. The second-order valence-corrected chi connectivity index (χ2v) is 8.30. The maximum atomic E-state index is 14.0. The zero-order valence-corrected chi connectivity index (χ0v) is 19.2. The zero-order chi connectivity index (χ0) is 25.1. The fourth-order valence-corrected chi connectivity index (χ4v) is 4.10. The third-order valence-corrected chi connectivity index (χ3v) is 5.92. The highest BCUT2D eigenvalue weighted by Gasteiger charge is 2.43. The van der Waals surface area contributed by atoms with Gasteiger partial charge in [0.1, 0.15) is 11.4 Å². The summed E-state index contributed by atoms with van der Waals surface area (Å²) in [6, 6.07) is 30.0. The van der Waals surface area contributed by atoms with E-state index in [-0.39, 0.29) is 11.4 Å². The molecule has 1 aliphatic rings. The predicted molar refractivity (Wildman–Crippen MR) is 137 cm³/mol. The summed E-state index contributed by atoms with van der Waals surface area (Å²) >= 11 is 0. The van der Waals surface area contributed by atoms with Crippen molar-refractivity contribution in [1.29, 1.82) is 0 Å². The summed E-state index contributed by atoms with van der Waals surface area (Å²) in [7, 11) is 0. The fraction of sp³-hybridized carbons (Fsp3) is 0.0333. The Balaban J connectivity index is 1.51. The summed E-state index contributed by atoms with van der Waals surface area (Å²) < 4.78 is 14.0. The fourth-order valence-electron chi connectivity index (χ4n) is 4.10. The molecule has 1 saturated heterocycles. The van der Waals surface area contributed by atoms with Crippen LogP contribution in [0, 0.1) is 5.82 Å². The van der Waals surface area contributed by atoms with Gasteiger partial charge in [0.25, 0.3) is 11.8 Å². The maximum Gasteiger partial charge on any atom is 0.343 e. The molecule has 4 amide bonds. The van der Waals surface area contributed by atoms with Crippen LogP contribution in [0.1, 0.15) is 16.7 Å². The number of rotatable bonds is 5. The van der Waals surface area contributed by atoms with E-state index in [1.54, 1.807) is 91.0 Å². The number of urea groups is 1. The molecule has 5 nitrogen and oxygen atoms in total. The molecule has 36 heavy (non-hydrogen) atoms. The van der Waals surface area contributed by atoms with E-state index in [1.165, 1.54) is 12.1 Å². The standard InChI is InChI=1S/C30H21FN2O3/c31-27-14-8-7-9-23(27)19-21-15-17-22(18-16-21)20-26-28(34)32(24-10-3-1-4-11-24)30(36)33(29(26)35)25-12-5-2-6-13-25/h1-18,20H,19H2. The molecule has 4 aromatic carbocycles. The van der Waals surface area contributed by atoms with Gasteiger partial charge in [-0.1, -0.05) is 78.9 Å². The second-order valence-electron chi connectivity index (χ2n) is 8.30. The number of benzene rings is 4. The van der Waals surface area contributed by atoms with Crippen LogP contribution in [0.25, 0.3) is 6.08 Å². The molecule has 0 spiro atoms. The summed E-state index contributed by atoms with van der Waals surface area (Å²) in [6.45, 7) is 0. The number of anilines is 2. The van der Waals surface area contributed by atoms with Crippen molar-refractivity contribution in [3.63, 3.8) is 0 Å². The Bertz CT molecular complexity index is 1400. The van der Waals surface area contributed by atoms with E-state index in [1.807, 2.05) is 12.1 Å². The minimum Gasteiger partial charge on any atom is -0.268 e. The van der Waals surface area contributed by atoms with Gasteiger partial charge < -0.3 is 0 Å². The molecule has 0 radical (unpaired) electrons. The van der Waals surface area contributed by atoms with Gasteiger partial charge in [0, 0.05) is 6.42 Å². The van der Waals surface area contributed by atoms with E-state index in [0.29, 0.717) is 28.9 Å². The molecule has 1 aliphatic heterocycles. The Morgan fingerprint density at radius 2 is 1.11 bits per heavy atom. The van der Waals surface area contributed by atoms with Crippen molar-refractivity contribution in [2.24, 2.45) is 0 Å². The minimum atomic E-state index is -0.736. The molecule has 0 saturated carbocycles. The topological polar surface area (TPSA) is 57.7 Å². The molecule has 6 heteroatoms. The van der Waals surface area contributed by atoms with Crippen LogP contribution in [0.5, 0.6) is 0 Å². The van der Waals surface area contributed by atoms with E-state index >= 15 is 0 Å². The van der Waals surface area contributed by atoms with E-state index in [9.17, 15) is 18.8 Å². The molecular weight excluding hydrogens is 455 g/mol. The third kappa shape index (κ3) is 4.44. The van der Waals surface area contributed by atoms with Crippen molar-refractivity contribution < 1.29 is 18.8 Å². The van der Waals surface area contributed by atoms with Crippen LogP contribution in [-0.4, -0.2) is 17.8 Å². The molecule has 0 aliphatic carbocycles. The van der Waals surface area contributed by atoms with Gasteiger partial charge in [0.05, 0.1) is 11.4 Å². The number of halogens is 1. The van der Waals surface area contributed by atoms with Crippen molar-refractivity contribution in [1.82, 2.24) is 0 Å². The lowest BCUT2D eigenvalue weighted by atomic mass is 10.0. The van der Waals surface area contributed by atoms with Crippen LogP contribution >= 0.6 is 0 Å². The predicted octanol–water partition coefficient (Wildman–Crippen LogP) is 6.00. The average Bonchev–Trinajstić information content (AvgIpc) is 2.90. The smallest absolute Gasteiger partial charge is 0.268 e. The number of carbonyl (C=O) groups is 3.